The van der Waals surface area contributed by atoms with E-state index in [4.69, 9.17) is 14.5 Å². The van der Waals surface area contributed by atoms with Crippen molar-refractivity contribution >= 4 is 11.4 Å². The van der Waals surface area contributed by atoms with E-state index < -0.39 is 0 Å². The molecular formula is C24H27N7O3. The van der Waals surface area contributed by atoms with Crippen LogP contribution >= 0.6 is 0 Å². The molecule has 176 valence electrons. The molecule has 0 spiro atoms. The Kier molecular flexibility index (Phi) is 6.50. The van der Waals surface area contributed by atoms with Crippen LogP contribution in [0.2, 0.25) is 0 Å². The van der Waals surface area contributed by atoms with Crippen LogP contribution < -0.4 is 10.1 Å². The van der Waals surface area contributed by atoms with Crippen molar-refractivity contribution in [1.29, 1.82) is 0 Å². The first kappa shape index (κ1) is 22.1. The largest absolute Gasteiger partial charge is 0.497 e. The number of amides is 1. The molecule has 1 aliphatic rings. The molecule has 0 saturated carbocycles. The fraction of sp³-hybridized carbons (Fsp3) is 0.333. The van der Waals surface area contributed by atoms with Crippen molar-refractivity contribution in [3.63, 3.8) is 0 Å². The van der Waals surface area contributed by atoms with Gasteiger partial charge in [-0.15, -0.1) is 0 Å². The molecule has 34 heavy (non-hydrogen) atoms. The Bertz CT molecular complexity index is 1260. The van der Waals surface area contributed by atoms with E-state index in [1.807, 2.05) is 34.7 Å². The number of nitrogens with zero attached hydrogens (tertiary/aromatic N) is 6. The molecule has 4 heterocycles. The second-order valence-corrected chi connectivity index (χ2v) is 8.01. The Morgan fingerprint density at radius 2 is 1.97 bits per heavy atom. The number of carbonyl (C=O) groups is 1. The molecule has 1 saturated heterocycles. The third kappa shape index (κ3) is 4.50. The second-order valence-electron chi connectivity index (χ2n) is 8.01. The van der Waals surface area contributed by atoms with Gasteiger partial charge < -0.3 is 14.8 Å². The highest BCUT2D eigenvalue weighted by Crippen LogP contribution is 2.25. The molecular weight excluding hydrogens is 434 g/mol. The van der Waals surface area contributed by atoms with Crippen LogP contribution in [0.3, 0.4) is 0 Å². The Balaban J connectivity index is 1.37. The van der Waals surface area contributed by atoms with Gasteiger partial charge in [-0.05, 0) is 43.3 Å². The smallest absolute Gasteiger partial charge is 0.272 e. The standard InChI is InChI=1S/C24H27N7O3/c1-33-19-5-3-18(4-6-19)31-20(7-9-27-31)23-28-22(21-17-25-10-12-30(21)23)24(32)26-8-2-11-29-13-15-34-16-14-29/h3-7,9-10,12,17H,2,8,11,13-16H2,1H3,(H,26,32). The fourth-order valence-corrected chi connectivity index (χ4v) is 4.10. The van der Waals surface area contributed by atoms with Crippen LogP contribution in [0.15, 0.2) is 55.1 Å². The highest BCUT2D eigenvalue weighted by molar-refractivity contribution is 5.99. The van der Waals surface area contributed by atoms with Gasteiger partial charge in [0.05, 0.1) is 43.9 Å². The number of carbonyl (C=O) groups excluding carboxylic acids is 1. The molecule has 1 aliphatic heterocycles. The first-order valence-electron chi connectivity index (χ1n) is 11.3. The molecule has 10 heteroatoms. The first-order chi connectivity index (χ1) is 16.7. The summed E-state index contributed by atoms with van der Waals surface area (Å²) in [6.07, 6.45) is 7.72. The minimum Gasteiger partial charge on any atom is -0.497 e. The molecule has 1 aromatic carbocycles. The third-order valence-corrected chi connectivity index (χ3v) is 5.89. The molecule has 5 rings (SSSR count). The zero-order chi connectivity index (χ0) is 23.3. The Hall–Kier alpha value is -3.76. The highest BCUT2D eigenvalue weighted by atomic mass is 16.5. The van der Waals surface area contributed by atoms with Gasteiger partial charge in [0.2, 0.25) is 0 Å². The number of morpholine rings is 1. The Labute approximate surface area is 197 Å². The highest BCUT2D eigenvalue weighted by Gasteiger charge is 2.21. The van der Waals surface area contributed by atoms with Crippen LogP contribution in [0.4, 0.5) is 0 Å². The van der Waals surface area contributed by atoms with Gasteiger partial charge in [-0.3, -0.25) is 19.1 Å². The number of fused-ring (bicyclic) bond motifs is 1. The van der Waals surface area contributed by atoms with E-state index in [0.717, 1.165) is 56.4 Å². The summed E-state index contributed by atoms with van der Waals surface area (Å²) in [6.45, 7) is 4.94. The maximum atomic E-state index is 13.0. The average Bonchev–Trinajstić information content (AvgIpc) is 3.52. The van der Waals surface area contributed by atoms with Crippen molar-refractivity contribution in [2.24, 2.45) is 0 Å². The lowest BCUT2D eigenvalue weighted by Crippen LogP contribution is -2.38. The molecule has 1 N–H and O–H groups in total. The first-order valence-corrected chi connectivity index (χ1v) is 11.3. The number of imidazole rings is 1. The van der Waals surface area contributed by atoms with Crippen LogP contribution in [-0.2, 0) is 4.74 Å². The molecule has 1 fully saturated rings. The maximum absolute atomic E-state index is 13.0. The predicted molar refractivity (Wildman–Crippen MR) is 126 cm³/mol. The SMILES string of the molecule is COc1ccc(-n2nccc2-c2nc(C(=O)NCCCN3CCOCC3)c3cnccn23)cc1. The lowest BCUT2D eigenvalue weighted by Gasteiger charge is -2.26. The molecule has 3 aromatic heterocycles. The van der Waals surface area contributed by atoms with Gasteiger partial charge in [0, 0.05) is 32.0 Å². The number of aromatic nitrogens is 5. The third-order valence-electron chi connectivity index (χ3n) is 5.89. The molecule has 1 amide bonds. The van der Waals surface area contributed by atoms with Gasteiger partial charge in [0.15, 0.2) is 11.5 Å². The zero-order valence-corrected chi connectivity index (χ0v) is 19.1. The van der Waals surface area contributed by atoms with Crippen LogP contribution in [0.5, 0.6) is 5.75 Å². The number of methoxy groups -OCH3 is 1. The molecule has 0 unspecified atom stereocenters. The summed E-state index contributed by atoms with van der Waals surface area (Å²) >= 11 is 0. The Morgan fingerprint density at radius 3 is 2.76 bits per heavy atom. The van der Waals surface area contributed by atoms with E-state index in [2.05, 4.69) is 20.3 Å². The number of hydrogen-bond acceptors (Lipinski definition) is 7. The lowest BCUT2D eigenvalue weighted by atomic mass is 10.3. The van der Waals surface area contributed by atoms with Gasteiger partial charge in [-0.2, -0.15) is 5.10 Å². The molecule has 0 bridgehead atoms. The topological polar surface area (TPSA) is 98.8 Å². The quantitative estimate of drug-likeness (QED) is 0.401. The van der Waals surface area contributed by atoms with E-state index in [1.54, 1.807) is 36.6 Å². The van der Waals surface area contributed by atoms with Crippen molar-refractivity contribution in [3.05, 3.63) is 60.8 Å². The summed E-state index contributed by atoms with van der Waals surface area (Å²) in [5.74, 6) is 1.17. The predicted octanol–water partition coefficient (Wildman–Crippen LogP) is 2.04. The van der Waals surface area contributed by atoms with E-state index in [9.17, 15) is 4.79 Å². The molecule has 4 aromatic rings. The summed E-state index contributed by atoms with van der Waals surface area (Å²) in [7, 11) is 1.63. The number of ether oxygens (including phenoxy) is 2. The van der Waals surface area contributed by atoms with Crippen molar-refractivity contribution in [2.45, 2.75) is 6.42 Å². The number of benzene rings is 1. The van der Waals surface area contributed by atoms with Gasteiger partial charge in [0.1, 0.15) is 11.4 Å². The summed E-state index contributed by atoms with van der Waals surface area (Å²) in [6, 6.07) is 9.49. The number of hydrogen-bond donors (Lipinski definition) is 1. The van der Waals surface area contributed by atoms with Crippen molar-refractivity contribution in [3.8, 4) is 23.0 Å². The number of nitrogens with one attached hydrogen (secondary N) is 1. The zero-order valence-electron chi connectivity index (χ0n) is 19.1. The van der Waals surface area contributed by atoms with Gasteiger partial charge in [-0.25, -0.2) is 9.67 Å². The van der Waals surface area contributed by atoms with Crippen molar-refractivity contribution in [2.75, 3.05) is 46.5 Å². The minimum absolute atomic E-state index is 0.214. The van der Waals surface area contributed by atoms with E-state index in [1.165, 1.54) is 0 Å². The molecule has 10 nitrogen and oxygen atoms in total. The molecule has 0 radical (unpaired) electrons. The van der Waals surface area contributed by atoms with Crippen LogP contribution in [0.25, 0.3) is 22.7 Å². The van der Waals surface area contributed by atoms with E-state index >= 15 is 0 Å². The van der Waals surface area contributed by atoms with Gasteiger partial charge in [0.25, 0.3) is 5.91 Å². The Morgan fingerprint density at radius 1 is 1.15 bits per heavy atom. The molecule has 0 atom stereocenters. The average molecular weight is 462 g/mol. The summed E-state index contributed by atoms with van der Waals surface area (Å²) in [5.41, 5.74) is 2.61. The maximum Gasteiger partial charge on any atom is 0.272 e. The lowest BCUT2D eigenvalue weighted by molar-refractivity contribution is 0.0374. The molecule has 0 aliphatic carbocycles. The second kappa shape index (κ2) is 10.0. The minimum atomic E-state index is -0.214. The van der Waals surface area contributed by atoms with Crippen LogP contribution in [0.1, 0.15) is 16.9 Å². The fourth-order valence-electron chi connectivity index (χ4n) is 4.10. The summed E-state index contributed by atoms with van der Waals surface area (Å²) in [5, 5.41) is 7.49. The van der Waals surface area contributed by atoms with Crippen molar-refractivity contribution in [1.82, 2.24) is 34.4 Å². The van der Waals surface area contributed by atoms with Gasteiger partial charge in [-0.1, -0.05) is 0 Å². The van der Waals surface area contributed by atoms with Gasteiger partial charge >= 0.3 is 0 Å². The van der Waals surface area contributed by atoms with E-state index in [0.29, 0.717) is 23.6 Å². The van der Waals surface area contributed by atoms with Crippen LogP contribution in [0, 0.1) is 0 Å². The number of rotatable bonds is 8. The van der Waals surface area contributed by atoms with Crippen molar-refractivity contribution < 1.29 is 14.3 Å². The summed E-state index contributed by atoms with van der Waals surface area (Å²) in [4.78, 5) is 24.3. The summed E-state index contributed by atoms with van der Waals surface area (Å²) < 4.78 is 14.3. The normalized spacial score (nSPS) is 14.4. The monoisotopic (exact) mass is 461 g/mol. The van der Waals surface area contributed by atoms with E-state index in [-0.39, 0.29) is 5.91 Å². The van der Waals surface area contributed by atoms with Crippen LogP contribution in [-0.4, -0.2) is 81.5 Å².